The van der Waals surface area contributed by atoms with Gasteiger partial charge in [0, 0.05) is 42.5 Å². The maximum Gasteiger partial charge on any atom is 0.331 e. The summed E-state index contributed by atoms with van der Waals surface area (Å²) in [6.07, 6.45) is 1.53. The van der Waals surface area contributed by atoms with Gasteiger partial charge >= 0.3 is 6.03 Å². The Labute approximate surface area is 252 Å². The van der Waals surface area contributed by atoms with Crippen LogP contribution < -0.4 is 24.4 Å². The van der Waals surface area contributed by atoms with E-state index in [1.54, 1.807) is 25.1 Å². The van der Waals surface area contributed by atoms with E-state index in [4.69, 9.17) is 14.2 Å². The van der Waals surface area contributed by atoms with Crippen molar-refractivity contribution in [1.82, 2.24) is 9.88 Å². The standard InChI is InChI=1S/C32H30F2N4O6/c1-4-37-18-23(31(40)38(32(37)41)21-10-7-19(33)8-11-21)30(39)36-20-9-12-27(24(34)15-20)44-26-13-14-35-25-17-29(43-6-3)28(42-5-2)16-22(25)26/h7-17,23H,4-6,18H2,1-3H3,(H,36,39). The summed E-state index contributed by atoms with van der Waals surface area (Å²) < 4.78 is 46.0. The molecule has 0 radical (unpaired) electrons. The molecule has 0 spiro atoms. The number of amides is 4. The fraction of sp³-hybridized carbons (Fsp3) is 0.250. The summed E-state index contributed by atoms with van der Waals surface area (Å²) >= 11 is 0. The summed E-state index contributed by atoms with van der Waals surface area (Å²) in [6.45, 7) is 6.34. The first-order valence-corrected chi connectivity index (χ1v) is 14.1. The van der Waals surface area contributed by atoms with Crippen LogP contribution in [-0.2, 0) is 9.59 Å². The Kier molecular flexibility index (Phi) is 8.88. The number of rotatable bonds is 10. The number of urea groups is 1. The van der Waals surface area contributed by atoms with Gasteiger partial charge < -0.3 is 24.4 Å². The minimum Gasteiger partial charge on any atom is -0.490 e. The fourth-order valence-electron chi connectivity index (χ4n) is 4.82. The molecule has 5 rings (SSSR count). The number of imide groups is 1. The Hall–Kier alpha value is -5.26. The molecule has 0 bridgehead atoms. The summed E-state index contributed by atoms with van der Waals surface area (Å²) in [5, 5.41) is 3.14. The Balaban J connectivity index is 1.35. The molecular weight excluding hydrogens is 574 g/mol. The number of benzene rings is 3. The summed E-state index contributed by atoms with van der Waals surface area (Å²) in [6, 6.07) is 13.1. The quantitative estimate of drug-likeness (QED) is 0.216. The molecule has 1 atom stereocenters. The van der Waals surface area contributed by atoms with E-state index in [0.717, 1.165) is 23.1 Å². The number of anilines is 2. The number of carbonyl (C=O) groups is 3. The van der Waals surface area contributed by atoms with Crippen LogP contribution >= 0.6 is 0 Å². The van der Waals surface area contributed by atoms with Crippen LogP contribution in [0.5, 0.6) is 23.0 Å². The molecular formula is C32H30F2N4O6. The van der Waals surface area contributed by atoms with Crippen LogP contribution in [0.2, 0.25) is 0 Å². The molecule has 4 amide bonds. The predicted octanol–water partition coefficient (Wildman–Crippen LogP) is 6.15. The van der Waals surface area contributed by atoms with Crippen molar-refractivity contribution in [2.45, 2.75) is 20.8 Å². The van der Waals surface area contributed by atoms with Crippen molar-refractivity contribution in [2.24, 2.45) is 5.92 Å². The lowest BCUT2D eigenvalue weighted by Crippen LogP contribution is -2.59. The van der Waals surface area contributed by atoms with Crippen molar-refractivity contribution in [3.05, 3.63) is 78.5 Å². The topological polar surface area (TPSA) is 110 Å². The van der Waals surface area contributed by atoms with Crippen molar-refractivity contribution in [3.63, 3.8) is 0 Å². The molecule has 12 heteroatoms. The maximum absolute atomic E-state index is 15.3. The number of halogens is 2. The number of carbonyl (C=O) groups excluding carboxylic acids is 3. The first kappa shape index (κ1) is 30.2. The number of hydrogen-bond donors (Lipinski definition) is 1. The van der Waals surface area contributed by atoms with E-state index in [1.165, 1.54) is 35.4 Å². The molecule has 2 heterocycles. The van der Waals surface area contributed by atoms with Crippen LogP contribution in [-0.4, -0.2) is 54.0 Å². The van der Waals surface area contributed by atoms with Crippen molar-refractivity contribution in [2.75, 3.05) is 36.5 Å². The Morgan fingerprint density at radius 2 is 1.61 bits per heavy atom. The number of fused-ring (bicyclic) bond motifs is 1. The average molecular weight is 605 g/mol. The van der Waals surface area contributed by atoms with Gasteiger partial charge in [0.2, 0.25) is 11.8 Å². The van der Waals surface area contributed by atoms with Gasteiger partial charge in [-0.15, -0.1) is 0 Å². The average Bonchev–Trinajstić information content (AvgIpc) is 3.00. The first-order chi connectivity index (χ1) is 21.2. The van der Waals surface area contributed by atoms with Gasteiger partial charge in [0.15, 0.2) is 23.1 Å². The molecule has 1 N–H and O–H groups in total. The van der Waals surface area contributed by atoms with Crippen molar-refractivity contribution < 1.29 is 37.4 Å². The van der Waals surface area contributed by atoms with Crippen LogP contribution in [0.1, 0.15) is 20.8 Å². The third-order valence-corrected chi connectivity index (χ3v) is 6.95. The zero-order chi connectivity index (χ0) is 31.4. The van der Waals surface area contributed by atoms with Gasteiger partial charge in [0.05, 0.1) is 24.4 Å². The molecule has 1 aromatic heterocycles. The maximum atomic E-state index is 15.3. The molecule has 3 aromatic carbocycles. The number of nitrogens with zero attached hydrogens (tertiary/aromatic N) is 3. The molecule has 1 aliphatic heterocycles. The molecule has 1 aliphatic rings. The first-order valence-electron chi connectivity index (χ1n) is 14.1. The molecule has 10 nitrogen and oxygen atoms in total. The van der Waals surface area contributed by atoms with Crippen LogP contribution in [0.25, 0.3) is 10.9 Å². The highest BCUT2D eigenvalue weighted by molar-refractivity contribution is 6.23. The number of hydrogen-bond acceptors (Lipinski definition) is 7. The van der Waals surface area contributed by atoms with E-state index in [-0.39, 0.29) is 30.2 Å². The predicted molar refractivity (Wildman–Crippen MR) is 159 cm³/mol. The largest absolute Gasteiger partial charge is 0.490 e. The van der Waals surface area contributed by atoms with E-state index in [1.807, 2.05) is 13.8 Å². The molecule has 0 saturated carbocycles. The minimum atomic E-state index is -1.28. The highest BCUT2D eigenvalue weighted by Gasteiger charge is 2.43. The minimum absolute atomic E-state index is 0.0838. The lowest BCUT2D eigenvalue weighted by Gasteiger charge is -2.37. The van der Waals surface area contributed by atoms with E-state index in [2.05, 4.69) is 10.3 Å². The number of nitrogens with one attached hydrogen (secondary N) is 1. The monoisotopic (exact) mass is 604 g/mol. The zero-order valence-electron chi connectivity index (χ0n) is 24.3. The summed E-state index contributed by atoms with van der Waals surface area (Å²) in [5.41, 5.74) is 0.779. The van der Waals surface area contributed by atoms with Gasteiger partial charge in [-0.3, -0.25) is 14.6 Å². The van der Waals surface area contributed by atoms with Crippen molar-refractivity contribution in [1.29, 1.82) is 0 Å². The third kappa shape index (κ3) is 6.10. The SMILES string of the molecule is CCOc1cc2nccc(Oc3ccc(NC(=O)C4CN(CC)C(=O)N(c5ccc(F)cc5)C4=O)cc3F)c2cc1OCC. The number of pyridine rings is 1. The van der Waals surface area contributed by atoms with E-state index in [0.29, 0.717) is 41.4 Å². The fourth-order valence-corrected chi connectivity index (χ4v) is 4.82. The van der Waals surface area contributed by atoms with Crippen LogP contribution in [0.15, 0.2) is 66.9 Å². The molecule has 1 fully saturated rings. The lowest BCUT2D eigenvalue weighted by molar-refractivity contribution is -0.132. The highest BCUT2D eigenvalue weighted by Crippen LogP contribution is 2.38. The van der Waals surface area contributed by atoms with Gasteiger partial charge in [-0.2, -0.15) is 0 Å². The molecule has 1 unspecified atom stereocenters. The summed E-state index contributed by atoms with van der Waals surface area (Å²) in [7, 11) is 0. The normalized spacial score (nSPS) is 15.0. The van der Waals surface area contributed by atoms with Gasteiger partial charge in [0.1, 0.15) is 17.5 Å². The van der Waals surface area contributed by atoms with Crippen molar-refractivity contribution >= 4 is 40.1 Å². The van der Waals surface area contributed by atoms with Gasteiger partial charge in [-0.25, -0.2) is 18.5 Å². The van der Waals surface area contributed by atoms with Gasteiger partial charge in [-0.1, -0.05) is 0 Å². The Morgan fingerprint density at radius 1 is 0.909 bits per heavy atom. The van der Waals surface area contributed by atoms with Crippen LogP contribution in [0, 0.1) is 17.6 Å². The molecule has 4 aromatic rings. The number of aromatic nitrogens is 1. The number of ether oxygens (including phenoxy) is 3. The molecule has 44 heavy (non-hydrogen) atoms. The summed E-state index contributed by atoms with van der Waals surface area (Å²) in [5.74, 6) is -2.84. The second-order valence-electron chi connectivity index (χ2n) is 9.75. The van der Waals surface area contributed by atoms with Crippen LogP contribution in [0.4, 0.5) is 25.0 Å². The molecule has 0 aliphatic carbocycles. The zero-order valence-corrected chi connectivity index (χ0v) is 24.3. The van der Waals surface area contributed by atoms with E-state index < -0.39 is 35.4 Å². The second-order valence-corrected chi connectivity index (χ2v) is 9.75. The summed E-state index contributed by atoms with van der Waals surface area (Å²) in [4.78, 5) is 46.0. The lowest BCUT2D eigenvalue weighted by atomic mass is 10.0. The highest BCUT2D eigenvalue weighted by atomic mass is 19.1. The van der Waals surface area contributed by atoms with E-state index in [9.17, 15) is 18.8 Å². The third-order valence-electron chi connectivity index (χ3n) is 6.95. The van der Waals surface area contributed by atoms with Crippen molar-refractivity contribution in [3.8, 4) is 23.0 Å². The van der Waals surface area contributed by atoms with Gasteiger partial charge in [0.25, 0.3) is 0 Å². The molecule has 228 valence electrons. The second kappa shape index (κ2) is 12.9. The Bertz CT molecular complexity index is 1720. The van der Waals surface area contributed by atoms with Crippen LogP contribution in [0.3, 0.4) is 0 Å². The Morgan fingerprint density at radius 3 is 2.27 bits per heavy atom. The van der Waals surface area contributed by atoms with E-state index >= 15 is 4.39 Å². The van der Waals surface area contributed by atoms with Gasteiger partial charge in [-0.05, 0) is 69.3 Å². The smallest absolute Gasteiger partial charge is 0.331 e. The molecule has 1 saturated heterocycles.